The fraction of sp³-hybridized carbons (Fsp3) is 0.500. The van der Waals surface area contributed by atoms with Crippen molar-refractivity contribution in [2.24, 2.45) is 11.5 Å². The number of nitrogens with two attached hydrogens (primary N) is 2. The molecule has 0 bridgehead atoms. The van der Waals surface area contributed by atoms with E-state index < -0.39 is 11.9 Å². The van der Waals surface area contributed by atoms with E-state index in [1.54, 1.807) is 0 Å². The molecule has 0 saturated carbocycles. The van der Waals surface area contributed by atoms with Crippen molar-refractivity contribution in [2.75, 3.05) is 0 Å². The monoisotopic (exact) mass is 186 g/mol. The van der Waals surface area contributed by atoms with E-state index in [1.807, 2.05) is 6.92 Å². The lowest BCUT2D eigenvalue weighted by Crippen LogP contribution is -2.38. The summed E-state index contributed by atoms with van der Waals surface area (Å²) in [4.78, 5) is 10.6. The van der Waals surface area contributed by atoms with E-state index >= 15 is 0 Å². The van der Waals surface area contributed by atoms with Crippen molar-refractivity contribution >= 4 is 17.2 Å². The molecular weight excluding hydrogens is 176 g/mol. The van der Waals surface area contributed by atoms with Gasteiger partial charge in [0.25, 0.3) is 0 Å². The van der Waals surface area contributed by atoms with E-state index in [1.165, 1.54) is 11.3 Å². The van der Waals surface area contributed by atoms with E-state index in [9.17, 15) is 4.79 Å². The van der Waals surface area contributed by atoms with Crippen molar-refractivity contribution in [1.82, 2.24) is 10.2 Å². The van der Waals surface area contributed by atoms with Crippen molar-refractivity contribution in [3.05, 3.63) is 10.0 Å². The Morgan fingerprint density at radius 1 is 1.67 bits per heavy atom. The summed E-state index contributed by atoms with van der Waals surface area (Å²) in [6, 6.07) is -0.655. The summed E-state index contributed by atoms with van der Waals surface area (Å²) in [5, 5.41) is 9.22. The van der Waals surface area contributed by atoms with Gasteiger partial charge in [-0.25, -0.2) is 0 Å². The van der Waals surface area contributed by atoms with Crippen molar-refractivity contribution in [3.63, 3.8) is 0 Å². The van der Waals surface area contributed by atoms with Crippen molar-refractivity contribution in [1.29, 1.82) is 0 Å². The first kappa shape index (κ1) is 9.08. The average molecular weight is 186 g/mol. The Morgan fingerprint density at radius 2 is 2.33 bits per heavy atom. The number of carbonyl (C=O) groups is 1. The Kier molecular flexibility index (Phi) is 2.72. The Hall–Kier alpha value is -1.01. The van der Waals surface area contributed by atoms with Crippen molar-refractivity contribution in [2.45, 2.75) is 19.4 Å². The van der Waals surface area contributed by atoms with Gasteiger partial charge in [0.2, 0.25) is 5.91 Å². The highest BCUT2D eigenvalue weighted by molar-refractivity contribution is 7.11. The molecule has 1 aromatic rings. The maximum Gasteiger partial charge on any atom is 0.234 e. The van der Waals surface area contributed by atoms with Gasteiger partial charge in [-0.1, -0.05) is 0 Å². The van der Waals surface area contributed by atoms with Crippen LogP contribution in [-0.4, -0.2) is 22.1 Å². The van der Waals surface area contributed by atoms with Crippen LogP contribution in [0.5, 0.6) is 0 Å². The Bertz CT molecular complexity index is 285. The fourth-order valence-electron chi connectivity index (χ4n) is 0.709. The van der Waals surface area contributed by atoms with Gasteiger partial charge in [0.05, 0.1) is 6.04 Å². The van der Waals surface area contributed by atoms with E-state index in [0.29, 0.717) is 6.42 Å². The summed E-state index contributed by atoms with van der Waals surface area (Å²) in [6.07, 6.45) is 0.376. The molecule has 0 aliphatic heterocycles. The quantitative estimate of drug-likeness (QED) is 0.646. The first-order valence-corrected chi connectivity index (χ1v) is 4.25. The lowest BCUT2D eigenvalue weighted by molar-refractivity contribution is -0.119. The van der Waals surface area contributed by atoms with Gasteiger partial charge in [0.15, 0.2) is 0 Å². The predicted octanol–water partition coefficient (Wildman–Crippen LogP) is -0.798. The molecule has 12 heavy (non-hydrogen) atoms. The van der Waals surface area contributed by atoms with Crippen LogP contribution in [0.3, 0.4) is 0 Å². The molecule has 1 atom stereocenters. The molecule has 0 aromatic carbocycles. The van der Waals surface area contributed by atoms with Gasteiger partial charge >= 0.3 is 0 Å². The topological polar surface area (TPSA) is 94.9 Å². The molecule has 1 rings (SSSR count). The van der Waals surface area contributed by atoms with Crippen LogP contribution in [0.15, 0.2) is 0 Å². The summed E-state index contributed by atoms with van der Waals surface area (Å²) in [7, 11) is 0. The molecular formula is C6H10N4OS. The van der Waals surface area contributed by atoms with Crippen LogP contribution >= 0.6 is 11.3 Å². The Morgan fingerprint density at radius 3 is 2.75 bits per heavy atom. The highest BCUT2D eigenvalue weighted by Gasteiger charge is 2.12. The lowest BCUT2D eigenvalue weighted by Gasteiger charge is -2.01. The minimum Gasteiger partial charge on any atom is -0.368 e. The summed E-state index contributed by atoms with van der Waals surface area (Å²) in [5.74, 6) is -0.511. The van der Waals surface area contributed by atoms with Crippen LogP contribution < -0.4 is 11.5 Å². The first-order chi connectivity index (χ1) is 5.59. The SMILES string of the molecule is Cc1nnc(CC(N)C(N)=O)s1. The molecule has 0 fully saturated rings. The van der Waals surface area contributed by atoms with Crippen LogP contribution in [0.25, 0.3) is 0 Å². The maximum absolute atomic E-state index is 10.6. The normalized spacial score (nSPS) is 12.8. The number of hydrogen-bond donors (Lipinski definition) is 2. The minimum atomic E-state index is -0.655. The standard InChI is InChI=1S/C6H10N4OS/c1-3-9-10-5(12-3)2-4(7)6(8)11/h4H,2,7H2,1H3,(H2,8,11). The van der Waals surface area contributed by atoms with Crippen LogP contribution in [0, 0.1) is 6.92 Å². The average Bonchev–Trinajstić information content (AvgIpc) is 2.35. The number of amides is 1. The lowest BCUT2D eigenvalue weighted by atomic mass is 10.2. The van der Waals surface area contributed by atoms with Gasteiger partial charge in [-0.2, -0.15) is 0 Å². The molecule has 1 amide bonds. The molecule has 1 aromatic heterocycles. The number of aromatic nitrogens is 2. The van der Waals surface area contributed by atoms with Gasteiger partial charge in [-0.3, -0.25) is 4.79 Å². The smallest absolute Gasteiger partial charge is 0.234 e. The maximum atomic E-state index is 10.6. The predicted molar refractivity (Wildman–Crippen MR) is 45.5 cm³/mol. The molecule has 0 aliphatic rings. The zero-order valence-electron chi connectivity index (χ0n) is 6.65. The summed E-state index contributed by atoms with van der Waals surface area (Å²) < 4.78 is 0. The second kappa shape index (κ2) is 3.59. The van der Waals surface area contributed by atoms with Crippen LogP contribution in [0.1, 0.15) is 10.0 Å². The largest absolute Gasteiger partial charge is 0.368 e. The Labute approximate surface area is 73.8 Å². The number of carbonyl (C=O) groups excluding carboxylic acids is 1. The number of primary amides is 1. The molecule has 4 N–H and O–H groups in total. The van der Waals surface area contributed by atoms with Gasteiger partial charge < -0.3 is 11.5 Å². The third kappa shape index (κ3) is 2.24. The number of hydrogen-bond acceptors (Lipinski definition) is 5. The van der Waals surface area contributed by atoms with Gasteiger partial charge in [-0.15, -0.1) is 21.5 Å². The van der Waals surface area contributed by atoms with Gasteiger partial charge in [0, 0.05) is 6.42 Å². The number of rotatable bonds is 3. The molecule has 0 aliphatic carbocycles. The number of nitrogens with zero attached hydrogens (tertiary/aromatic N) is 2. The fourth-order valence-corrected chi connectivity index (χ4v) is 1.48. The summed E-state index contributed by atoms with van der Waals surface area (Å²) >= 11 is 1.42. The first-order valence-electron chi connectivity index (χ1n) is 3.43. The molecule has 6 heteroatoms. The van der Waals surface area contributed by atoms with Crippen LogP contribution in [-0.2, 0) is 11.2 Å². The molecule has 1 unspecified atom stereocenters. The summed E-state index contributed by atoms with van der Waals surface area (Å²) in [5.41, 5.74) is 10.4. The summed E-state index contributed by atoms with van der Waals surface area (Å²) in [6.45, 7) is 1.84. The van der Waals surface area contributed by atoms with Gasteiger partial charge in [0.1, 0.15) is 10.0 Å². The second-order valence-electron chi connectivity index (χ2n) is 2.43. The molecule has 0 radical (unpaired) electrons. The molecule has 66 valence electrons. The number of aryl methyl sites for hydroxylation is 1. The minimum absolute atomic E-state index is 0.376. The third-order valence-corrected chi connectivity index (χ3v) is 2.19. The second-order valence-corrected chi connectivity index (χ2v) is 3.69. The highest BCUT2D eigenvalue weighted by atomic mass is 32.1. The third-order valence-electron chi connectivity index (χ3n) is 1.33. The van der Waals surface area contributed by atoms with Crippen LogP contribution in [0.4, 0.5) is 0 Å². The zero-order valence-corrected chi connectivity index (χ0v) is 7.47. The molecule has 5 nitrogen and oxygen atoms in total. The molecule has 0 saturated heterocycles. The molecule has 1 heterocycles. The van der Waals surface area contributed by atoms with E-state index in [0.717, 1.165) is 10.0 Å². The van der Waals surface area contributed by atoms with Gasteiger partial charge in [-0.05, 0) is 6.92 Å². The van der Waals surface area contributed by atoms with Crippen LogP contribution in [0.2, 0.25) is 0 Å². The zero-order chi connectivity index (χ0) is 9.14. The van der Waals surface area contributed by atoms with Crippen molar-refractivity contribution < 1.29 is 4.79 Å². The Balaban J connectivity index is 2.58. The van der Waals surface area contributed by atoms with E-state index in [4.69, 9.17) is 11.5 Å². The van der Waals surface area contributed by atoms with Crippen molar-refractivity contribution in [3.8, 4) is 0 Å². The highest BCUT2D eigenvalue weighted by Crippen LogP contribution is 2.09. The molecule has 0 spiro atoms. The van der Waals surface area contributed by atoms with E-state index in [-0.39, 0.29) is 0 Å². The van der Waals surface area contributed by atoms with E-state index in [2.05, 4.69) is 10.2 Å².